The summed E-state index contributed by atoms with van der Waals surface area (Å²) in [6.07, 6.45) is 5.83. The van der Waals surface area contributed by atoms with Gasteiger partial charge in [0.2, 0.25) is 5.91 Å². The predicted octanol–water partition coefficient (Wildman–Crippen LogP) is 4.66. The van der Waals surface area contributed by atoms with E-state index in [1.807, 2.05) is 73.2 Å². The first kappa shape index (κ1) is 25.5. The number of nitrogens with two attached hydrogens (primary N) is 1. The number of piperazine rings is 1. The van der Waals surface area contributed by atoms with Crippen LogP contribution in [0.1, 0.15) is 11.1 Å². The molecule has 5 aromatic rings. The fourth-order valence-electron chi connectivity index (χ4n) is 5.14. The van der Waals surface area contributed by atoms with Gasteiger partial charge in [0, 0.05) is 56.5 Å². The van der Waals surface area contributed by atoms with E-state index in [-0.39, 0.29) is 5.91 Å². The van der Waals surface area contributed by atoms with Crippen LogP contribution in [0.25, 0.3) is 22.2 Å². The zero-order valence-corrected chi connectivity index (χ0v) is 22.2. The van der Waals surface area contributed by atoms with Crippen molar-refractivity contribution in [2.45, 2.75) is 13.0 Å². The Kier molecular flexibility index (Phi) is 7.32. The highest BCUT2D eigenvalue weighted by Gasteiger charge is 2.19. The summed E-state index contributed by atoms with van der Waals surface area (Å²) in [5, 5.41) is 2.99. The second kappa shape index (κ2) is 11.5. The smallest absolute Gasteiger partial charge is 0.228 e. The number of rotatable bonds is 7. The molecule has 40 heavy (non-hydrogen) atoms. The monoisotopic (exact) mass is 529 g/mol. The highest BCUT2D eigenvalue weighted by Crippen LogP contribution is 2.26. The Bertz CT molecular complexity index is 1610. The number of fused-ring (bicyclic) bond motifs is 1. The molecule has 0 aliphatic carbocycles. The van der Waals surface area contributed by atoms with Gasteiger partial charge in [-0.3, -0.25) is 14.8 Å². The second-order valence-electron chi connectivity index (χ2n) is 9.89. The molecule has 200 valence electrons. The number of anilines is 3. The Labute approximate surface area is 233 Å². The fourth-order valence-corrected chi connectivity index (χ4v) is 5.14. The summed E-state index contributed by atoms with van der Waals surface area (Å²) in [6.45, 7) is 4.03. The molecule has 8 nitrogen and oxygen atoms in total. The Balaban J connectivity index is 1.13. The summed E-state index contributed by atoms with van der Waals surface area (Å²) < 4.78 is 0. The fraction of sp³-hybridized carbons (Fsp3) is 0.188. The van der Waals surface area contributed by atoms with Crippen LogP contribution in [0.2, 0.25) is 0 Å². The average molecular weight is 530 g/mol. The molecule has 2 aromatic heterocycles. The molecule has 3 N–H and O–H groups in total. The first-order valence-electron chi connectivity index (χ1n) is 13.5. The van der Waals surface area contributed by atoms with Gasteiger partial charge in [0.25, 0.3) is 0 Å². The van der Waals surface area contributed by atoms with Gasteiger partial charge in [0.1, 0.15) is 5.82 Å². The van der Waals surface area contributed by atoms with Crippen LogP contribution in [0.3, 0.4) is 0 Å². The van der Waals surface area contributed by atoms with E-state index in [1.54, 1.807) is 0 Å². The van der Waals surface area contributed by atoms with Gasteiger partial charge < -0.3 is 20.9 Å². The lowest BCUT2D eigenvalue weighted by Crippen LogP contribution is -2.46. The van der Waals surface area contributed by atoms with Crippen LogP contribution in [0.4, 0.5) is 17.2 Å². The summed E-state index contributed by atoms with van der Waals surface area (Å²) in [5.74, 6) is 0.831. The lowest BCUT2D eigenvalue weighted by molar-refractivity contribution is -0.115. The van der Waals surface area contributed by atoms with E-state index in [4.69, 9.17) is 10.7 Å². The van der Waals surface area contributed by atoms with E-state index in [9.17, 15) is 4.79 Å². The number of hydrogen-bond donors (Lipinski definition) is 2. The van der Waals surface area contributed by atoms with Gasteiger partial charge in [-0.15, -0.1) is 0 Å². The number of carbonyl (C=O) groups excluding carboxylic acids is 1. The van der Waals surface area contributed by atoms with Gasteiger partial charge in [-0.2, -0.15) is 0 Å². The Hall–Kier alpha value is -4.82. The van der Waals surface area contributed by atoms with Crippen molar-refractivity contribution in [3.05, 3.63) is 109 Å². The van der Waals surface area contributed by atoms with Crippen molar-refractivity contribution in [2.24, 2.45) is 5.73 Å². The maximum atomic E-state index is 12.6. The normalized spacial score (nSPS) is 13.4. The van der Waals surface area contributed by atoms with Crippen LogP contribution in [0, 0.1) is 0 Å². The lowest BCUT2D eigenvalue weighted by Gasteiger charge is -2.36. The standard InChI is InChI=1S/C32H31N7O/c33-21-26-4-2-1-3-24(26)20-32(40)36-27-8-5-23(6-9-27)25-7-10-29-30(19-25)37-31(22-35-29)39-17-15-38(16-18-39)28-11-13-34-14-12-28/h1-14,19,22H,15-18,20-21,33H2,(H,36,40). The first-order valence-corrected chi connectivity index (χ1v) is 13.5. The molecule has 0 radical (unpaired) electrons. The van der Waals surface area contributed by atoms with Crippen molar-refractivity contribution < 1.29 is 4.79 Å². The Morgan fingerprint density at radius 3 is 2.25 bits per heavy atom. The van der Waals surface area contributed by atoms with Crippen molar-refractivity contribution in [3.63, 3.8) is 0 Å². The number of carbonyl (C=O) groups is 1. The molecular weight excluding hydrogens is 498 g/mol. The van der Waals surface area contributed by atoms with Gasteiger partial charge in [0.05, 0.1) is 23.7 Å². The molecule has 1 aliphatic heterocycles. The van der Waals surface area contributed by atoms with Crippen LogP contribution < -0.4 is 20.9 Å². The van der Waals surface area contributed by atoms with Crippen molar-refractivity contribution in [2.75, 3.05) is 41.3 Å². The number of nitrogens with zero attached hydrogens (tertiary/aromatic N) is 5. The van der Waals surface area contributed by atoms with Crippen molar-refractivity contribution in [1.29, 1.82) is 0 Å². The molecule has 1 amide bonds. The molecule has 1 aliphatic rings. The number of pyridine rings is 1. The van der Waals surface area contributed by atoms with E-state index >= 15 is 0 Å². The lowest BCUT2D eigenvalue weighted by atomic mass is 10.0. The zero-order chi connectivity index (χ0) is 27.3. The number of amides is 1. The third-order valence-electron chi connectivity index (χ3n) is 7.35. The first-order chi connectivity index (χ1) is 19.7. The minimum Gasteiger partial charge on any atom is -0.368 e. The van der Waals surface area contributed by atoms with E-state index in [1.165, 1.54) is 5.69 Å². The maximum Gasteiger partial charge on any atom is 0.228 e. The molecule has 3 heterocycles. The number of benzene rings is 3. The molecule has 0 atom stereocenters. The highest BCUT2D eigenvalue weighted by atomic mass is 16.1. The minimum atomic E-state index is -0.0660. The quantitative estimate of drug-likeness (QED) is 0.316. The summed E-state index contributed by atoms with van der Waals surface area (Å²) >= 11 is 0. The number of nitrogens with one attached hydrogen (secondary N) is 1. The molecule has 3 aromatic carbocycles. The number of hydrogen-bond acceptors (Lipinski definition) is 7. The predicted molar refractivity (Wildman–Crippen MR) is 160 cm³/mol. The minimum absolute atomic E-state index is 0.0660. The SMILES string of the molecule is NCc1ccccc1CC(=O)Nc1ccc(-c2ccc3ncc(N4CCN(c5ccncc5)CC4)nc3c2)cc1. The van der Waals surface area contributed by atoms with Gasteiger partial charge in [0.15, 0.2) is 0 Å². The van der Waals surface area contributed by atoms with Crippen LogP contribution in [0.5, 0.6) is 0 Å². The van der Waals surface area contributed by atoms with Crippen molar-refractivity contribution in [1.82, 2.24) is 15.0 Å². The van der Waals surface area contributed by atoms with Crippen LogP contribution in [-0.2, 0) is 17.8 Å². The third-order valence-corrected chi connectivity index (χ3v) is 7.35. The van der Waals surface area contributed by atoms with E-state index in [0.717, 1.165) is 71.0 Å². The molecule has 0 spiro atoms. The van der Waals surface area contributed by atoms with Gasteiger partial charge >= 0.3 is 0 Å². The van der Waals surface area contributed by atoms with E-state index in [2.05, 4.69) is 49.4 Å². The van der Waals surface area contributed by atoms with Gasteiger partial charge in [-0.1, -0.05) is 42.5 Å². The van der Waals surface area contributed by atoms with Gasteiger partial charge in [-0.25, -0.2) is 4.98 Å². The third kappa shape index (κ3) is 5.62. The molecule has 8 heteroatoms. The molecule has 0 unspecified atom stereocenters. The van der Waals surface area contributed by atoms with Crippen molar-refractivity contribution in [3.8, 4) is 11.1 Å². The Morgan fingerprint density at radius 2 is 1.50 bits per heavy atom. The average Bonchev–Trinajstić information content (AvgIpc) is 3.01. The molecule has 6 rings (SSSR count). The van der Waals surface area contributed by atoms with Gasteiger partial charge in [-0.05, 0) is 58.7 Å². The van der Waals surface area contributed by atoms with E-state index < -0.39 is 0 Å². The Morgan fingerprint density at radius 1 is 0.800 bits per heavy atom. The molecule has 0 saturated carbocycles. The second-order valence-corrected chi connectivity index (χ2v) is 9.89. The largest absolute Gasteiger partial charge is 0.368 e. The highest BCUT2D eigenvalue weighted by molar-refractivity contribution is 5.93. The summed E-state index contributed by atoms with van der Waals surface area (Å²) in [7, 11) is 0. The van der Waals surface area contributed by atoms with Crippen LogP contribution in [0.15, 0.2) is 97.5 Å². The van der Waals surface area contributed by atoms with Crippen LogP contribution in [-0.4, -0.2) is 47.0 Å². The molecular formula is C32H31N7O. The summed E-state index contributed by atoms with van der Waals surface area (Å²) in [5.41, 5.74) is 13.5. The summed E-state index contributed by atoms with van der Waals surface area (Å²) in [4.78, 5) is 31.1. The zero-order valence-electron chi connectivity index (χ0n) is 22.2. The number of aromatic nitrogens is 3. The summed E-state index contributed by atoms with van der Waals surface area (Å²) in [6, 6.07) is 25.9. The van der Waals surface area contributed by atoms with Crippen molar-refractivity contribution >= 4 is 34.1 Å². The van der Waals surface area contributed by atoms with E-state index in [0.29, 0.717) is 13.0 Å². The maximum absolute atomic E-state index is 12.6. The van der Waals surface area contributed by atoms with Crippen LogP contribution >= 0.6 is 0 Å². The topological polar surface area (TPSA) is 100 Å². The molecule has 1 fully saturated rings. The molecule has 1 saturated heterocycles. The molecule has 0 bridgehead atoms.